The molecule has 0 bridgehead atoms. The van der Waals surface area contributed by atoms with Crippen molar-refractivity contribution in [3.8, 4) is 11.5 Å². The van der Waals surface area contributed by atoms with Gasteiger partial charge in [-0.15, -0.1) is 0 Å². The molecule has 206 valence electrons. The lowest BCUT2D eigenvalue weighted by Crippen LogP contribution is -2.46. The first-order chi connectivity index (χ1) is 18.0. The van der Waals surface area contributed by atoms with Gasteiger partial charge in [-0.05, 0) is 31.7 Å². The molecule has 3 N–H and O–H groups in total. The Bertz CT molecular complexity index is 1100. The minimum atomic E-state index is -1.24. The van der Waals surface area contributed by atoms with Crippen molar-refractivity contribution in [3.05, 3.63) is 53.9 Å². The highest BCUT2D eigenvalue weighted by Crippen LogP contribution is 2.27. The number of aromatic hydroxyl groups is 1. The molecular weight excluding hydrogens is 496 g/mol. The van der Waals surface area contributed by atoms with Gasteiger partial charge in [-0.1, -0.05) is 44.2 Å². The van der Waals surface area contributed by atoms with Crippen LogP contribution >= 0.6 is 0 Å². The molecule has 1 amide bonds. The number of carboxylic acid groups (broad SMARTS) is 1. The molecular formula is C27H34N2O9. The standard InChI is InChI=1S/C23H26N2O7.C4H8O2/c1-14-12-16(9-8-15-6-4-3-5-7-15)22(28)31-13-17(23(29)32-14)25-21(27)19-20(26)18(30-2)10-11-24-19;1-3(2)4(5)6/h3-7,10-11,14,16-17,26H,8-9,12-13H2,1-2H3,(H,25,27);3H,1-2H3,(H,5,6)/t14?,16?,17-;/m0./s1. The summed E-state index contributed by atoms with van der Waals surface area (Å²) in [6, 6.07) is 9.91. The largest absolute Gasteiger partial charge is 0.503 e. The minimum Gasteiger partial charge on any atom is -0.503 e. The summed E-state index contributed by atoms with van der Waals surface area (Å²) in [4.78, 5) is 51.3. The quantitative estimate of drug-likeness (QED) is 0.454. The monoisotopic (exact) mass is 530 g/mol. The van der Waals surface area contributed by atoms with Crippen LogP contribution in [-0.2, 0) is 30.3 Å². The van der Waals surface area contributed by atoms with E-state index in [4.69, 9.17) is 19.3 Å². The van der Waals surface area contributed by atoms with Gasteiger partial charge in [0.1, 0.15) is 6.61 Å². The number of pyridine rings is 1. The van der Waals surface area contributed by atoms with E-state index in [1.54, 1.807) is 20.8 Å². The number of nitrogens with zero attached hydrogens (tertiary/aromatic N) is 1. The van der Waals surface area contributed by atoms with E-state index in [2.05, 4.69) is 10.3 Å². The fourth-order valence-electron chi connectivity index (χ4n) is 3.49. The van der Waals surface area contributed by atoms with E-state index in [1.165, 1.54) is 19.4 Å². The average Bonchev–Trinajstić information content (AvgIpc) is 2.93. The molecule has 2 aromatic rings. The molecule has 0 aliphatic carbocycles. The number of carboxylic acids is 1. The molecule has 38 heavy (non-hydrogen) atoms. The Kier molecular flexibility index (Phi) is 11.5. The van der Waals surface area contributed by atoms with Gasteiger partial charge in [-0.3, -0.25) is 14.4 Å². The van der Waals surface area contributed by atoms with Gasteiger partial charge in [0.2, 0.25) is 0 Å². The van der Waals surface area contributed by atoms with E-state index in [9.17, 15) is 24.3 Å². The average molecular weight is 531 g/mol. The van der Waals surface area contributed by atoms with Crippen LogP contribution in [0.2, 0.25) is 0 Å². The van der Waals surface area contributed by atoms with Crippen LogP contribution in [0.15, 0.2) is 42.6 Å². The van der Waals surface area contributed by atoms with Crippen molar-refractivity contribution in [3.63, 3.8) is 0 Å². The first-order valence-corrected chi connectivity index (χ1v) is 12.2. The maximum atomic E-state index is 12.7. The zero-order valence-electron chi connectivity index (χ0n) is 21.9. The van der Waals surface area contributed by atoms with Crippen LogP contribution in [0.4, 0.5) is 0 Å². The van der Waals surface area contributed by atoms with Gasteiger partial charge >= 0.3 is 17.9 Å². The van der Waals surface area contributed by atoms with Crippen LogP contribution < -0.4 is 10.1 Å². The molecule has 0 radical (unpaired) electrons. The Balaban J connectivity index is 0.000000757. The Morgan fingerprint density at radius 3 is 2.42 bits per heavy atom. The Labute approximate surface area is 221 Å². The van der Waals surface area contributed by atoms with Crippen LogP contribution in [-0.4, -0.2) is 64.9 Å². The van der Waals surface area contributed by atoms with Gasteiger partial charge in [-0.2, -0.15) is 0 Å². The summed E-state index contributed by atoms with van der Waals surface area (Å²) in [7, 11) is 1.33. The number of amides is 1. The topological polar surface area (TPSA) is 161 Å². The summed E-state index contributed by atoms with van der Waals surface area (Å²) >= 11 is 0. The zero-order chi connectivity index (χ0) is 28.2. The highest BCUT2D eigenvalue weighted by atomic mass is 16.6. The number of aliphatic carboxylic acids is 1. The van der Waals surface area contributed by atoms with E-state index >= 15 is 0 Å². The van der Waals surface area contributed by atoms with Gasteiger partial charge in [0.25, 0.3) is 5.91 Å². The Morgan fingerprint density at radius 1 is 1.16 bits per heavy atom. The molecule has 11 nitrogen and oxygen atoms in total. The number of esters is 2. The number of hydrogen-bond donors (Lipinski definition) is 3. The number of hydrogen-bond acceptors (Lipinski definition) is 9. The van der Waals surface area contributed by atoms with Crippen molar-refractivity contribution in [1.29, 1.82) is 0 Å². The number of methoxy groups -OCH3 is 1. The fourth-order valence-corrected chi connectivity index (χ4v) is 3.49. The SMILES string of the molecule is CC(C)C(=O)O.COc1ccnc(C(=O)N[C@H]2COC(=O)C(CCc3ccccc3)CC(C)OC2=O)c1O. The third-order valence-corrected chi connectivity index (χ3v) is 5.69. The van der Waals surface area contributed by atoms with E-state index in [1.807, 2.05) is 30.3 Å². The van der Waals surface area contributed by atoms with E-state index in [0.29, 0.717) is 19.3 Å². The van der Waals surface area contributed by atoms with Crippen molar-refractivity contribution in [2.45, 2.75) is 52.2 Å². The maximum Gasteiger partial charge on any atom is 0.332 e. The van der Waals surface area contributed by atoms with E-state index < -0.39 is 47.6 Å². The highest BCUT2D eigenvalue weighted by molar-refractivity contribution is 5.98. The van der Waals surface area contributed by atoms with Crippen molar-refractivity contribution < 1.29 is 43.6 Å². The number of carbonyl (C=O) groups excluding carboxylic acids is 3. The second-order valence-corrected chi connectivity index (χ2v) is 9.06. The van der Waals surface area contributed by atoms with Crippen LogP contribution in [0.25, 0.3) is 0 Å². The summed E-state index contributed by atoms with van der Waals surface area (Å²) < 4.78 is 15.7. The Hall–Kier alpha value is -4.15. The fraction of sp³-hybridized carbons (Fsp3) is 0.444. The summed E-state index contributed by atoms with van der Waals surface area (Å²) in [6.07, 6.45) is 2.28. The normalized spacial score (nSPS) is 19.4. The van der Waals surface area contributed by atoms with Crippen molar-refractivity contribution in [2.24, 2.45) is 11.8 Å². The molecule has 11 heteroatoms. The highest BCUT2D eigenvalue weighted by Gasteiger charge is 2.33. The number of benzene rings is 1. The maximum absolute atomic E-state index is 12.7. The van der Waals surface area contributed by atoms with Crippen LogP contribution in [0.1, 0.15) is 49.7 Å². The van der Waals surface area contributed by atoms with Crippen molar-refractivity contribution in [2.75, 3.05) is 13.7 Å². The van der Waals surface area contributed by atoms with Crippen LogP contribution in [0.3, 0.4) is 0 Å². The molecule has 2 heterocycles. The molecule has 1 aromatic carbocycles. The number of aryl methyl sites for hydroxylation is 1. The van der Waals surface area contributed by atoms with Gasteiger partial charge in [-0.25, -0.2) is 9.78 Å². The molecule has 0 saturated carbocycles. The molecule has 0 spiro atoms. The molecule has 2 unspecified atom stereocenters. The predicted octanol–water partition coefficient (Wildman–Crippen LogP) is 2.75. The third-order valence-electron chi connectivity index (χ3n) is 5.69. The predicted molar refractivity (Wildman–Crippen MR) is 136 cm³/mol. The lowest BCUT2D eigenvalue weighted by atomic mass is 9.94. The minimum absolute atomic E-state index is 0.0588. The van der Waals surface area contributed by atoms with Gasteiger partial charge in [0.15, 0.2) is 23.2 Å². The molecule has 1 saturated heterocycles. The number of carbonyl (C=O) groups is 4. The second-order valence-electron chi connectivity index (χ2n) is 9.06. The number of aromatic nitrogens is 1. The lowest BCUT2D eigenvalue weighted by Gasteiger charge is -2.18. The molecule has 1 fully saturated rings. The van der Waals surface area contributed by atoms with E-state index in [0.717, 1.165) is 5.56 Å². The molecule has 1 aromatic heterocycles. The number of cyclic esters (lactones) is 2. The zero-order valence-corrected chi connectivity index (χ0v) is 21.9. The van der Waals surface area contributed by atoms with Crippen molar-refractivity contribution in [1.82, 2.24) is 10.3 Å². The van der Waals surface area contributed by atoms with Crippen LogP contribution in [0.5, 0.6) is 11.5 Å². The van der Waals surface area contributed by atoms with E-state index in [-0.39, 0.29) is 24.0 Å². The molecule has 1 aliphatic heterocycles. The van der Waals surface area contributed by atoms with Crippen LogP contribution in [0, 0.1) is 11.8 Å². The summed E-state index contributed by atoms with van der Waals surface area (Å²) in [5, 5.41) is 20.5. The number of nitrogens with one attached hydrogen (secondary N) is 1. The van der Waals surface area contributed by atoms with Gasteiger partial charge in [0.05, 0.1) is 25.0 Å². The van der Waals surface area contributed by atoms with Crippen molar-refractivity contribution >= 4 is 23.8 Å². The molecule has 3 rings (SSSR count). The number of ether oxygens (including phenoxy) is 3. The Morgan fingerprint density at radius 2 is 1.82 bits per heavy atom. The first-order valence-electron chi connectivity index (χ1n) is 12.2. The van der Waals surface area contributed by atoms with Gasteiger partial charge in [0, 0.05) is 12.3 Å². The molecule has 3 atom stereocenters. The summed E-state index contributed by atoms with van der Waals surface area (Å²) in [6.45, 7) is 4.59. The summed E-state index contributed by atoms with van der Waals surface area (Å²) in [5.41, 5.74) is 0.776. The van der Waals surface area contributed by atoms with Gasteiger partial charge < -0.3 is 29.7 Å². The number of rotatable bonds is 7. The summed E-state index contributed by atoms with van der Waals surface area (Å²) in [5.74, 6) is -3.83. The second kappa shape index (κ2) is 14.6. The third kappa shape index (κ3) is 9.06. The first kappa shape index (κ1) is 30.1. The molecule has 1 aliphatic rings. The smallest absolute Gasteiger partial charge is 0.332 e. The lowest BCUT2D eigenvalue weighted by molar-refractivity contribution is -0.152.